The van der Waals surface area contributed by atoms with Gasteiger partial charge in [0.15, 0.2) is 0 Å². The van der Waals surface area contributed by atoms with Crippen LogP contribution in [0.5, 0.6) is 0 Å². The molecule has 16 heavy (non-hydrogen) atoms. The summed E-state index contributed by atoms with van der Waals surface area (Å²) in [5, 5.41) is 0. The highest BCUT2D eigenvalue weighted by Crippen LogP contribution is 2.33. The third kappa shape index (κ3) is 2.46. The van der Waals surface area contributed by atoms with E-state index in [1.54, 1.807) is 0 Å². The summed E-state index contributed by atoms with van der Waals surface area (Å²) >= 11 is 0. The number of rotatable bonds is 2. The zero-order valence-electron chi connectivity index (χ0n) is 10.5. The molecular weight excluding hydrogens is 194 g/mol. The standard InChI is InChI=1S/C15H23N/c1-11-8-9-14(10-12(11)2)15(16)13-6-4-3-5-7-13/h8-10,13,15H,3-7,16H2,1-2H3/t15-/m1/s1. The molecule has 0 radical (unpaired) electrons. The number of benzene rings is 1. The average Bonchev–Trinajstić information content (AvgIpc) is 2.33. The van der Waals surface area contributed by atoms with Crippen LogP contribution in [-0.4, -0.2) is 0 Å². The lowest BCUT2D eigenvalue weighted by Crippen LogP contribution is -2.23. The van der Waals surface area contributed by atoms with Gasteiger partial charge in [-0.3, -0.25) is 0 Å². The van der Waals surface area contributed by atoms with Crippen LogP contribution >= 0.6 is 0 Å². The Labute approximate surface area is 99.0 Å². The molecule has 0 spiro atoms. The van der Waals surface area contributed by atoms with Gasteiger partial charge in [0.05, 0.1) is 0 Å². The molecule has 1 atom stereocenters. The van der Waals surface area contributed by atoms with Crippen molar-refractivity contribution in [1.29, 1.82) is 0 Å². The molecular formula is C15H23N. The molecule has 1 aromatic carbocycles. The molecule has 0 amide bonds. The Kier molecular flexibility index (Phi) is 3.65. The van der Waals surface area contributed by atoms with Gasteiger partial charge in [0, 0.05) is 6.04 Å². The van der Waals surface area contributed by atoms with E-state index in [9.17, 15) is 0 Å². The van der Waals surface area contributed by atoms with Gasteiger partial charge in [-0.25, -0.2) is 0 Å². The first-order valence-corrected chi connectivity index (χ1v) is 6.51. The minimum atomic E-state index is 0.250. The van der Waals surface area contributed by atoms with Gasteiger partial charge < -0.3 is 5.73 Å². The van der Waals surface area contributed by atoms with Crippen LogP contribution < -0.4 is 5.73 Å². The van der Waals surface area contributed by atoms with E-state index in [2.05, 4.69) is 32.0 Å². The van der Waals surface area contributed by atoms with Crippen molar-refractivity contribution < 1.29 is 0 Å². The molecule has 1 heteroatoms. The van der Waals surface area contributed by atoms with E-state index in [1.165, 1.54) is 48.8 Å². The SMILES string of the molecule is Cc1ccc([C@H](N)C2CCCCC2)cc1C. The van der Waals surface area contributed by atoms with E-state index in [1.807, 2.05) is 0 Å². The van der Waals surface area contributed by atoms with Gasteiger partial charge >= 0.3 is 0 Å². The van der Waals surface area contributed by atoms with E-state index in [-0.39, 0.29) is 6.04 Å². The van der Waals surface area contributed by atoms with E-state index in [4.69, 9.17) is 5.73 Å². The molecule has 2 rings (SSSR count). The van der Waals surface area contributed by atoms with Crippen LogP contribution in [0.2, 0.25) is 0 Å². The Morgan fingerprint density at radius 1 is 1.06 bits per heavy atom. The Hall–Kier alpha value is -0.820. The topological polar surface area (TPSA) is 26.0 Å². The fourth-order valence-electron chi connectivity index (χ4n) is 2.74. The van der Waals surface area contributed by atoms with Crippen molar-refractivity contribution in [2.24, 2.45) is 11.7 Å². The van der Waals surface area contributed by atoms with Gasteiger partial charge in [0.25, 0.3) is 0 Å². The van der Waals surface area contributed by atoms with Gasteiger partial charge in [0.2, 0.25) is 0 Å². The second-order valence-corrected chi connectivity index (χ2v) is 5.27. The zero-order chi connectivity index (χ0) is 11.5. The lowest BCUT2D eigenvalue weighted by Gasteiger charge is -2.28. The van der Waals surface area contributed by atoms with Crippen molar-refractivity contribution >= 4 is 0 Å². The van der Waals surface area contributed by atoms with Crippen LogP contribution in [0.3, 0.4) is 0 Å². The predicted molar refractivity (Wildman–Crippen MR) is 69.4 cm³/mol. The van der Waals surface area contributed by atoms with Gasteiger partial charge in [-0.15, -0.1) is 0 Å². The second kappa shape index (κ2) is 5.01. The predicted octanol–water partition coefficient (Wildman–Crippen LogP) is 3.88. The fourth-order valence-corrected chi connectivity index (χ4v) is 2.74. The molecule has 0 aliphatic heterocycles. The lowest BCUT2D eigenvalue weighted by atomic mass is 9.81. The maximum absolute atomic E-state index is 6.39. The van der Waals surface area contributed by atoms with Crippen molar-refractivity contribution in [2.45, 2.75) is 52.0 Å². The van der Waals surface area contributed by atoms with Crippen LogP contribution in [0.1, 0.15) is 54.8 Å². The average molecular weight is 217 g/mol. The quantitative estimate of drug-likeness (QED) is 0.799. The van der Waals surface area contributed by atoms with Crippen LogP contribution in [0.15, 0.2) is 18.2 Å². The number of hydrogen-bond donors (Lipinski definition) is 1. The van der Waals surface area contributed by atoms with Crippen molar-refractivity contribution in [3.05, 3.63) is 34.9 Å². The number of hydrogen-bond acceptors (Lipinski definition) is 1. The summed E-state index contributed by atoms with van der Waals surface area (Å²) in [5.41, 5.74) is 10.4. The molecule has 0 aromatic heterocycles. The largest absolute Gasteiger partial charge is 0.324 e. The molecule has 1 nitrogen and oxygen atoms in total. The Morgan fingerprint density at radius 2 is 1.75 bits per heavy atom. The molecule has 0 heterocycles. The van der Waals surface area contributed by atoms with Gasteiger partial charge in [-0.2, -0.15) is 0 Å². The maximum Gasteiger partial charge on any atom is 0.0323 e. The smallest absolute Gasteiger partial charge is 0.0323 e. The van der Waals surface area contributed by atoms with Crippen LogP contribution in [-0.2, 0) is 0 Å². The summed E-state index contributed by atoms with van der Waals surface area (Å²) in [7, 11) is 0. The summed E-state index contributed by atoms with van der Waals surface area (Å²) in [6.45, 7) is 4.33. The van der Waals surface area contributed by atoms with Gasteiger partial charge in [-0.1, -0.05) is 37.5 Å². The highest BCUT2D eigenvalue weighted by atomic mass is 14.7. The maximum atomic E-state index is 6.39. The fraction of sp³-hybridized carbons (Fsp3) is 0.600. The summed E-state index contributed by atoms with van der Waals surface area (Å²) in [4.78, 5) is 0. The molecule has 0 bridgehead atoms. The van der Waals surface area contributed by atoms with Crippen molar-refractivity contribution in [2.75, 3.05) is 0 Å². The summed E-state index contributed by atoms with van der Waals surface area (Å²) in [5.74, 6) is 0.704. The lowest BCUT2D eigenvalue weighted by molar-refractivity contribution is 0.308. The van der Waals surface area contributed by atoms with E-state index >= 15 is 0 Å². The van der Waals surface area contributed by atoms with Gasteiger partial charge in [-0.05, 0) is 49.3 Å². The van der Waals surface area contributed by atoms with Crippen molar-refractivity contribution in [3.8, 4) is 0 Å². The Morgan fingerprint density at radius 3 is 2.38 bits per heavy atom. The molecule has 1 aliphatic carbocycles. The Balaban J connectivity index is 2.12. The molecule has 0 unspecified atom stereocenters. The molecule has 88 valence electrons. The Bertz CT molecular complexity index is 350. The molecule has 1 aliphatic rings. The van der Waals surface area contributed by atoms with E-state index in [0.717, 1.165) is 0 Å². The zero-order valence-corrected chi connectivity index (χ0v) is 10.5. The highest BCUT2D eigenvalue weighted by molar-refractivity contribution is 5.31. The first-order chi connectivity index (χ1) is 7.68. The normalized spacial score (nSPS) is 19.7. The summed E-state index contributed by atoms with van der Waals surface area (Å²) in [6.07, 6.45) is 6.75. The monoisotopic (exact) mass is 217 g/mol. The van der Waals surface area contributed by atoms with Crippen LogP contribution in [0.4, 0.5) is 0 Å². The first-order valence-electron chi connectivity index (χ1n) is 6.51. The van der Waals surface area contributed by atoms with Crippen molar-refractivity contribution in [1.82, 2.24) is 0 Å². The minimum Gasteiger partial charge on any atom is -0.324 e. The molecule has 2 N–H and O–H groups in total. The third-order valence-corrected chi connectivity index (χ3v) is 4.07. The molecule has 1 fully saturated rings. The van der Waals surface area contributed by atoms with Gasteiger partial charge in [0.1, 0.15) is 0 Å². The minimum absolute atomic E-state index is 0.250. The molecule has 1 saturated carbocycles. The molecule has 1 aromatic rings. The number of nitrogens with two attached hydrogens (primary N) is 1. The summed E-state index contributed by atoms with van der Waals surface area (Å²) in [6, 6.07) is 6.93. The van der Waals surface area contributed by atoms with Crippen LogP contribution in [0, 0.1) is 19.8 Å². The van der Waals surface area contributed by atoms with E-state index in [0.29, 0.717) is 5.92 Å². The molecule has 0 saturated heterocycles. The number of aryl methyl sites for hydroxylation is 2. The highest BCUT2D eigenvalue weighted by Gasteiger charge is 2.21. The summed E-state index contributed by atoms with van der Waals surface area (Å²) < 4.78 is 0. The van der Waals surface area contributed by atoms with Crippen LogP contribution in [0.25, 0.3) is 0 Å². The van der Waals surface area contributed by atoms with Crippen molar-refractivity contribution in [3.63, 3.8) is 0 Å². The second-order valence-electron chi connectivity index (χ2n) is 5.27. The first kappa shape index (κ1) is 11.7. The van der Waals surface area contributed by atoms with E-state index < -0.39 is 0 Å². The third-order valence-electron chi connectivity index (χ3n) is 4.07.